The number of hydrogen-bond acceptors (Lipinski definition) is 0. The van der Waals surface area contributed by atoms with Gasteiger partial charge in [-0.2, -0.15) is 17.7 Å². The molecule has 0 saturated carbocycles. The molecule has 85 valence electrons. The van der Waals surface area contributed by atoms with Gasteiger partial charge in [-0.25, -0.2) is 12.1 Å². The average Bonchev–Trinajstić information content (AvgIpc) is 2.69. The van der Waals surface area contributed by atoms with Crippen molar-refractivity contribution in [2.45, 2.75) is 12.8 Å². The fourth-order valence-corrected chi connectivity index (χ4v) is 1.51. The maximum absolute atomic E-state index is 2.18. The number of halogens is 2. The van der Waals surface area contributed by atoms with E-state index in [0.29, 0.717) is 0 Å². The molecule has 0 aliphatic carbocycles. The van der Waals surface area contributed by atoms with Crippen LogP contribution in [0.3, 0.4) is 0 Å². The summed E-state index contributed by atoms with van der Waals surface area (Å²) in [6.45, 7) is 0. The van der Waals surface area contributed by atoms with Crippen LogP contribution in [0.1, 0.15) is 11.1 Å². The summed E-state index contributed by atoms with van der Waals surface area (Å²) in [4.78, 5) is 0. The summed E-state index contributed by atoms with van der Waals surface area (Å²) < 4.78 is 0. The van der Waals surface area contributed by atoms with Gasteiger partial charge in [0, 0.05) is 0 Å². The van der Waals surface area contributed by atoms with E-state index in [4.69, 9.17) is 0 Å². The Balaban J connectivity index is 0. The zero-order chi connectivity index (χ0) is 8.93. The summed E-state index contributed by atoms with van der Waals surface area (Å²) in [5.74, 6) is 0. The largest absolute Gasteiger partial charge is 3.00 e. The molecule has 0 bridgehead atoms. The molecule has 0 fully saturated rings. The fraction of sp³-hybridized carbons (Fsp3) is 0.154. The molecule has 16 heavy (non-hydrogen) atoms. The first kappa shape index (κ1) is 17.4. The van der Waals surface area contributed by atoms with Crippen LogP contribution in [-0.4, -0.2) is 0 Å². The Morgan fingerprint density at radius 1 is 0.812 bits per heavy atom. The minimum atomic E-state index is 0. The Labute approximate surface area is 106 Å². The van der Waals surface area contributed by atoms with E-state index < -0.39 is 0 Å². The Kier molecular flexibility index (Phi) is 9.99. The molecule has 0 aromatic heterocycles. The molecule has 0 spiro atoms. The van der Waals surface area contributed by atoms with Crippen molar-refractivity contribution in [1.82, 2.24) is 0 Å². The van der Waals surface area contributed by atoms with Gasteiger partial charge in [0.15, 0.2) is 0 Å². The fourth-order valence-electron chi connectivity index (χ4n) is 1.51. The SMILES string of the molecule is [Cr+3].[F-].[F-].c1ccc(CC[c-]2cccc2)cc1. The molecule has 0 amide bonds. The van der Waals surface area contributed by atoms with Gasteiger partial charge >= 0.3 is 17.4 Å². The zero-order valence-electron chi connectivity index (χ0n) is 8.77. The van der Waals surface area contributed by atoms with Gasteiger partial charge in [0.2, 0.25) is 0 Å². The van der Waals surface area contributed by atoms with Crippen molar-refractivity contribution < 1.29 is 26.8 Å². The molecule has 0 unspecified atom stereocenters. The molecule has 3 heteroatoms. The van der Waals surface area contributed by atoms with E-state index in [2.05, 4.69) is 54.6 Å². The Morgan fingerprint density at radius 3 is 1.94 bits per heavy atom. The molecule has 2 rings (SSSR count). The van der Waals surface area contributed by atoms with Gasteiger partial charge in [-0.1, -0.05) is 36.8 Å². The van der Waals surface area contributed by atoms with E-state index in [-0.39, 0.29) is 26.8 Å². The molecule has 0 atom stereocenters. The van der Waals surface area contributed by atoms with Gasteiger partial charge in [-0.3, -0.25) is 0 Å². The molecule has 0 aliphatic heterocycles. The smallest absolute Gasteiger partial charge is 1.00 e. The maximum Gasteiger partial charge on any atom is 3.00 e. The Hall–Kier alpha value is -1.04. The van der Waals surface area contributed by atoms with Gasteiger partial charge < -0.3 is 9.41 Å². The second kappa shape index (κ2) is 9.21. The van der Waals surface area contributed by atoms with Crippen LogP contribution in [0.15, 0.2) is 54.6 Å². The third-order valence-electron chi connectivity index (χ3n) is 2.28. The maximum atomic E-state index is 2.18. The van der Waals surface area contributed by atoms with Gasteiger partial charge in [0.05, 0.1) is 0 Å². The summed E-state index contributed by atoms with van der Waals surface area (Å²) in [5, 5.41) is 0. The molecular weight excluding hydrogens is 246 g/mol. The average molecular weight is 259 g/mol. The molecule has 0 saturated heterocycles. The van der Waals surface area contributed by atoms with Gasteiger partial charge in [-0.15, -0.1) is 0 Å². The Bertz CT molecular complexity index is 343. The number of aryl methyl sites for hydroxylation is 2. The number of rotatable bonds is 3. The predicted octanol–water partition coefficient (Wildman–Crippen LogP) is -2.80. The monoisotopic (exact) mass is 259 g/mol. The van der Waals surface area contributed by atoms with Crippen LogP contribution in [0.2, 0.25) is 0 Å². The summed E-state index contributed by atoms with van der Waals surface area (Å²) in [6.07, 6.45) is 2.29. The van der Waals surface area contributed by atoms with Crippen LogP contribution in [0, 0.1) is 0 Å². The van der Waals surface area contributed by atoms with E-state index in [0.717, 1.165) is 12.8 Å². The number of benzene rings is 1. The molecule has 0 N–H and O–H groups in total. The minimum absolute atomic E-state index is 0. The molecule has 1 radical (unpaired) electrons. The molecular formula is C13H13CrF2. The normalized spacial score (nSPS) is 8.25. The van der Waals surface area contributed by atoms with Crippen molar-refractivity contribution in [3.05, 3.63) is 65.7 Å². The topological polar surface area (TPSA) is 0 Å². The van der Waals surface area contributed by atoms with Crippen LogP contribution in [0.5, 0.6) is 0 Å². The molecule has 0 heterocycles. The van der Waals surface area contributed by atoms with Crippen molar-refractivity contribution in [3.63, 3.8) is 0 Å². The first-order valence-corrected chi connectivity index (χ1v) is 4.70. The van der Waals surface area contributed by atoms with Crippen LogP contribution in [-0.2, 0) is 30.2 Å². The van der Waals surface area contributed by atoms with E-state index in [9.17, 15) is 0 Å². The Morgan fingerprint density at radius 2 is 1.38 bits per heavy atom. The summed E-state index contributed by atoms with van der Waals surface area (Å²) in [6, 6.07) is 19.2. The van der Waals surface area contributed by atoms with Crippen LogP contribution < -0.4 is 9.41 Å². The number of hydrogen-bond donors (Lipinski definition) is 0. The van der Waals surface area contributed by atoms with E-state index in [1.165, 1.54) is 11.1 Å². The van der Waals surface area contributed by atoms with Gasteiger partial charge in [0.1, 0.15) is 0 Å². The first-order chi connectivity index (χ1) is 6.45. The molecule has 2 aromatic rings. The summed E-state index contributed by atoms with van der Waals surface area (Å²) >= 11 is 0. The van der Waals surface area contributed by atoms with Crippen LogP contribution in [0.4, 0.5) is 0 Å². The standard InChI is InChI=1S/C13H13.Cr.2FH/c1-2-6-12(7-3-1)10-11-13-8-4-5-9-13;;;/h1-9H,10-11H2;;2*1H/q-1;+3;;/p-2. The van der Waals surface area contributed by atoms with Gasteiger partial charge in [-0.05, 0) is 12.0 Å². The first-order valence-electron chi connectivity index (χ1n) is 4.70. The third-order valence-corrected chi connectivity index (χ3v) is 2.28. The van der Waals surface area contributed by atoms with Crippen molar-refractivity contribution in [2.75, 3.05) is 0 Å². The van der Waals surface area contributed by atoms with Crippen molar-refractivity contribution in [1.29, 1.82) is 0 Å². The van der Waals surface area contributed by atoms with Gasteiger partial charge in [0.25, 0.3) is 0 Å². The quantitative estimate of drug-likeness (QED) is 0.522. The van der Waals surface area contributed by atoms with Crippen LogP contribution >= 0.6 is 0 Å². The zero-order valence-corrected chi connectivity index (χ0v) is 10.0. The van der Waals surface area contributed by atoms with E-state index in [1.54, 1.807) is 0 Å². The van der Waals surface area contributed by atoms with Crippen molar-refractivity contribution >= 4 is 0 Å². The minimum Gasteiger partial charge on any atom is -1.00 e. The summed E-state index contributed by atoms with van der Waals surface area (Å²) in [5.41, 5.74) is 2.85. The van der Waals surface area contributed by atoms with E-state index in [1.807, 2.05) is 0 Å². The van der Waals surface area contributed by atoms with Crippen molar-refractivity contribution in [3.8, 4) is 0 Å². The molecule has 2 aromatic carbocycles. The predicted molar refractivity (Wildman–Crippen MR) is 55.9 cm³/mol. The van der Waals surface area contributed by atoms with Crippen molar-refractivity contribution in [2.24, 2.45) is 0 Å². The third kappa shape index (κ3) is 5.16. The second-order valence-corrected chi connectivity index (χ2v) is 3.28. The summed E-state index contributed by atoms with van der Waals surface area (Å²) in [7, 11) is 0. The van der Waals surface area contributed by atoms with E-state index >= 15 is 0 Å². The molecule has 0 aliphatic rings. The molecule has 0 nitrogen and oxygen atoms in total. The second-order valence-electron chi connectivity index (χ2n) is 3.28. The van der Waals surface area contributed by atoms with Crippen LogP contribution in [0.25, 0.3) is 0 Å².